The summed E-state index contributed by atoms with van der Waals surface area (Å²) >= 11 is 1.51. The average molecular weight is 356 g/mol. The van der Waals surface area contributed by atoms with Crippen LogP contribution in [0.15, 0.2) is 10.8 Å². The molecule has 0 radical (unpaired) electrons. The number of hydrogen-bond acceptors (Lipinski definition) is 5. The van der Waals surface area contributed by atoms with E-state index in [0.717, 1.165) is 18.4 Å². The quantitative estimate of drug-likeness (QED) is 0.723. The second-order valence-corrected chi connectivity index (χ2v) is 7.22. The molecule has 0 unspecified atom stereocenters. The summed E-state index contributed by atoms with van der Waals surface area (Å²) in [5, 5.41) is 3.85. The number of nitrogens with zero attached hydrogens (tertiary/aromatic N) is 1. The predicted molar refractivity (Wildman–Crippen MR) is 96.8 cm³/mol. The van der Waals surface area contributed by atoms with Crippen LogP contribution in [0.4, 0.5) is 4.79 Å². The van der Waals surface area contributed by atoms with Crippen molar-refractivity contribution in [2.75, 3.05) is 20.2 Å². The second kappa shape index (κ2) is 9.06. The number of likely N-dealkylation sites (tertiary alicyclic amines) is 1. The topological polar surface area (TPSA) is 55.8 Å². The monoisotopic (exact) mass is 355 g/mol. The zero-order chi connectivity index (χ0) is 18.3. The highest BCUT2D eigenvalue weighted by atomic mass is 32.1. The molecular weight excluding hydrogens is 326 g/mol. The molecule has 0 N–H and O–H groups in total. The number of ether oxygens (including phenoxy) is 2. The fourth-order valence-corrected chi connectivity index (χ4v) is 3.50. The van der Waals surface area contributed by atoms with Crippen LogP contribution >= 0.6 is 11.3 Å². The standard InChI is InChI=1S/C16H23NO4S.C2H6/c1-16(2,3)21-15(19)17-7-5-11(6-8-17)12-9-22-10-13(12)14(18)20-4;1-2/h9-11H,5-8H2,1-4H3;1-2H3. The lowest BCUT2D eigenvalue weighted by molar-refractivity contribution is 0.0203. The Kier molecular flexibility index (Phi) is 7.73. The van der Waals surface area contributed by atoms with Gasteiger partial charge in [0.05, 0.1) is 12.7 Å². The van der Waals surface area contributed by atoms with E-state index in [4.69, 9.17) is 9.47 Å². The number of methoxy groups -OCH3 is 1. The van der Waals surface area contributed by atoms with Gasteiger partial charge in [-0.25, -0.2) is 9.59 Å². The summed E-state index contributed by atoms with van der Waals surface area (Å²) in [6.07, 6.45) is 1.41. The van der Waals surface area contributed by atoms with E-state index in [2.05, 4.69) is 0 Å². The molecule has 6 heteroatoms. The smallest absolute Gasteiger partial charge is 0.410 e. The molecule has 1 fully saturated rings. The molecule has 0 saturated carbocycles. The number of esters is 1. The first-order valence-electron chi connectivity index (χ1n) is 8.44. The van der Waals surface area contributed by atoms with Gasteiger partial charge in [0.1, 0.15) is 5.60 Å². The van der Waals surface area contributed by atoms with Crippen LogP contribution in [0, 0.1) is 0 Å². The second-order valence-electron chi connectivity index (χ2n) is 6.47. The summed E-state index contributed by atoms with van der Waals surface area (Å²) in [6.45, 7) is 10.9. The summed E-state index contributed by atoms with van der Waals surface area (Å²) < 4.78 is 10.2. The molecule has 1 aromatic rings. The Morgan fingerprint density at radius 2 is 1.75 bits per heavy atom. The van der Waals surface area contributed by atoms with E-state index in [1.165, 1.54) is 18.4 Å². The van der Waals surface area contributed by atoms with E-state index in [0.29, 0.717) is 24.6 Å². The lowest BCUT2D eigenvalue weighted by atomic mass is 9.89. The van der Waals surface area contributed by atoms with Gasteiger partial charge in [0, 0.05) is 18.5 Å². The third-order valence-corrected chi connectivity index (χ3v) is 4.45. The largest absolute Gasteiger partial charge is 0.465 e. The normalized spacial score (nSPS) is 15.3. The molecule has 0 aromatic carbocycles. The van der Waals surface area contributed by atoms with Crippen molar-refractivity contribution in [1.29, 1.82) is 0 Å². The van der Waals surface area contributed by atoms with Gasteiger partial charge in [0.15, 0.2) is 0 Å². The summed E-state index contributed by atoms with van der Waals surface area (Å²) in [4.78, 5) is 25.6. The number of rotatable bonds is 2. The van der Waals surface area contributed by atoms with E-state index >= 15 is 0 Å². The molecule has 136 valence electrons. The van der Waals surface area contributed by atoms with Gasteiger partial charge in [-0.05, 0) is 50.5 Å². The van der Waals surface area contributed by atoms with Crippen molar-refractivity contribution in [2.45, 2.75) is 59.0 Å². The van der Waals surface area contributed by atoms with Crippen molar-refractivity contribution in [1.82, 2.24) is 4.90 Å². The minimum absolute atomic E-state index is 0.260. The molecule has 1 amide bonds. The molecule has 1 saturated heterocycles. The lowest BCUT2D eigenvalue weighted by Crippen LogP contribution is -2.41. The first kappa shape index (κ1) is 20.5. The van der Waals surface area contributed by atoms with Crippen molar-refractivity contribution < 1.29 is 19.1 Å². The molecule has 0 bridgehead atoms. The van der Waals surface area contributed by atoms with Crippen LogP contribution in [0.2, 0.25) is 0 Å². The Balaban J connectivity index is 0.00000139. The summed E-state index contributed by atoms with van der Waals surface area (Å²) in [7, 11) is 1.40. The maximum absolute atomic E-state index is 12.1. The number of thiophene rings is 1. The molecule has 2 rings (SSSR count). The van der Waals surface area contributed by atoms with Crippen LogP contribution in [0.1, 0.15) is 69.3 Å². The van der Waals surface area contributed by atoms with Crippen LogP contribution in [0.3, 0.4) is 0 Å². The van der Waals surface area contributed by atoms with E-state index in [1.54, 1.807) is 4.90 Å². The van der Waals surface area contributed by atoms with Gasteiger partial charge >= 0.3 is 12.1 Å². The Morgan fingerprint density at radius 3 is 2.25 bits per heavy atom. The zero-order valence-corrected chi connectivity index (χ0v) is 16.4. The molecule has 0 aliphatic carbocycles. The highest BCUT2D eigenvalue weighted by Gasteiger charge is 2.29. The summed E-state index contributed by atoms with van der Waals surface area (Å²) in [5.74, 6) is 0.00450. The lowest BCUT2D eigenvalue weighted by Gasteiger charge is -2.33. The number of carbonyl (C=O) groups is 2. The molecule has 1 aliphatic heterocycles. The SMILES string of the molecule is CC.COC(=O)c1cscc1C1CCN(C(=O)OC(C)(C)C)CC1. The minimum Gasteiger partial charge on any atom is -0.465 e. The van der Waals surface area contributed by atoms with E-state index in [9.17, 15) is 9.59 Å². The maximum Gasteiger partial charge on any atom is 0.410 e. The number of carbonyl (C=O) groups excluding carboxylic acids is 2. The van der Waals surface area contributed by atoms with Gasteiger partial charge in [-0.1, -0.05) is 13.8 Å². The number of piperidine rings is 1. The van der Waals surface area contributed by atoms with Crippen molar-refractivity contribution in [3.8, 4) is 0 Å². The maximum atomic E-state index is 12.1. The third-order valence-electron chi connectivity index (χ3n) is 3.68. The van der Waals surface area contributed by atoms with Crippen molar-refractivity contribution in [3.05, 3.63) is 21.9 Å². The molecule has 1 aliphatic rings. The van der Waals surface area contributed by atoms with Crippen molar-refractivity contribution in [2.24, 2.45) is 0 Å². The minimum atomic E-state index is -0.473. The van der Waals surface area contributed by atoms with Gasteiger partial charge in [0.25, 0.3) is 0 Å². The number of amides is 1. The van der Waals surface area contributed by atoms with E-state index < -0.39 is 5.60 Å². The Morgan fingerprint density at radius 1 is 1.17 bits per heavy atom. The van der Waals surface area contributed by atoms with Crippen molar-refractivity contribution >= 4 is 23.4 Å². The van der Waals surface area contributed by atoms with Crippen LogP contribution in [-0.4, -0.2) is 42.8 Å². The first-order chi connectivity index (χ1) is 11.3. The molecule has 0 atom stereocenters. The molecule has 5 nitrogen and oxygen atoms in total. The Hall–Kier alpha value is -1.56. The van der Waals surface area contributed by atoms with Gasteiger partial charge in [0.2, 0.25) is 0 Å². The zero-order valence-electron chi connectivity index (χ0n) is 15.5. The summed E-state index contributed by atoms with van der Waals surface area (Å²) in [6, 6.07) is 0. The van der Waals surface area contributed by atoms with E-state index in [1.807, 2.05) is 45.4 Å². The highest BCUT2D eigenvalue weighted by Crippen LogP contribution is 2.33. The van der Waals surface area contributed by atoms with Crippen LogP contribution in [-0.2, 0) is 9.47 Å². The molecule has 2 heterocycles. The number of hydrogen-bond donors (Lipinski definition) is 0. The highest BCUT2D eigenvalue weighted by molar-refractivity contribution is 7.08. The van der Waals surface area contributed by atoms with Crippen molar-refractivity contribution in [3.63, 3.8) is 0 Å². The van der Waals surface area contributed by atoms with Gasteiger partial charge in [-0.15, -0.1) is 0 Å². The fourth-order valence-electron chi connectivity index (χ4n) is 2.60. The molecule has 1 aromatic heterocycles. The predicted octanol–water partition coefficient (Wildman–Crippen LogP) is 4.68. The molecular formula is C18H29NO4S. The van der Waals surface area contributed by atoms with Crippen LogP contribution < -0.4 is 0 Å². The Labute approximate surface area is 148 Å². The molecule has 24 heavy (non-hydrogen) atoms. The Bertz CT molecular complexity index is 539. The van der Waals surface area contributed by atoms with Gasteiger partial charge in [-0.2, -0.15) is 11.3 Å². The molecule has 0 spiro atoms. The third kappa shape index (κ3) is 5.51. The van der Waals surface area contributed by atoms with E-state index in [-0.39, 0.29) is 12.1 Å². The first-order valence-corrected chi connectivity index (χ1v) is 9.38. The fraction of sp³-hybridized carbons (Fsp3) is 0.667. The summed E-state index contributed by atoms with van der Waals surface area (Å²) in [5.41, 5.74) is 1.23. The average Bonchev–Trinajstić information content (AvgIpc) is 3.04. The van der Waals surface area contributed by atoms with Gasteiger partial charge in [-0.3, -0.25) is 0 Å². The van der Waals surface area contributed by atoms with Crippen LogP contribution in [0.5, 0.6) is 0 Å². The van der Waals surface area contributed by atoms with Crippen LogP contribution in [0.25, 0.3) is 0 Å². The van der Waals surface area contributed by atoms with Gasteiger partial charge < -0.3 is 14.4 Å².